The highest BCUT2D eigenvalue weighted by molar-refractivity contribution is 7.90. The summed E-state index contributed by atoms with van der Waals surface area (Å²) >= 11 is 0. The molecule has 0 aliphatic heterocycles. The molecule has 172 valence electrons. The summed E-state index contributed by atoms with van der Waals surface area (Å²) in [5, 5.41) is 5.37. The van der Waals surface area contributed by atoms with Crippen molar-refractivity contribution in [3.63, 3.8) is 0 Å². The van der Waals surface area contributed by atoms with E-state index in [1.807, 2.05) is 12.1 Å². The molecule has 2 amide bonds. The molecule has 2 N–H and O–H groups in total. The summed E-state index contributed by atoms with van der Waals surface area (Å²) < 4.78 is 28.7. The number of hydrogen-bond acceptors (Lipinski definition) is 7. The van der Waals surface area contributed by atoms with Gasteiger partial charge in [-0.1, -0.05) is 12.1 Å². The lowest BCUT2D eigenvalue weighted by molar-refractivity contribution is -0.129. The number of amides is 2. The van der Waals surface area contributed by atoms with Crippen LogP contribution < -0.4 is 15.4 Å². The third kappa shape index (κ3) is 5.53. The van der Waals surface area contributed by atoms with Gasteiger partial charge in [-0.25, -0.2) is 18.4 Å². The number of methoxy groups -OCH3 is 1. The molecule has 0 bridgehead atoms. The first-order chi connectivity index (χ1) is 15.5. The Balaban J connectivity index is 1.91. The molecule has 1 heterocycles. The van der Waals surface area contributed by atoms with Crippen molar-refractivity contribution in [2.45, 2.75) is 24.3 Å². The lowest BCUT2D eigenvalue weighted by atomic mass is 9.90. The minimum absolute atomic E-state index is 0.108. The van der Waals surface area contributed by atoms with Crippen molar-refractivity contribution >= 4 is 27.5 Å². The van der Waals surface area contributed by atoms with Crippen molar-refractivity contribution in [2.24, 2.45) is 0 Å². The highest BCUT2D eigenvalue weighted by Crippen LogP contribution is 2.26. The summed E-state index contributed by atoms with van der Waals surface area (Å²) in [5.74, 6) is -0.0370. The average molecular weight is 469 g/mol. The van der Waals surface area contributed by atoms with E-state index in [1.54, 1.807) is 25.3 Å². The van der Waals surface area contributed by atoms with Crippen LogP contribution in [-0.4, -0.2) is 43.6 Å². The molecule has 9 nitrogen and oxygen atoms in total. The summed E-state index contributed by atoms with van der Waals surface area (Å²) in [7, 11) is -1.83. The zero-order valence-corrected chi connectivity index (χ0v) is 19.4. The van der Waals surface area contributed by atoms with Gasteiger partial charge in [-0.05, 0) is 48.9 Å². The molecular weight excluding hydrogens is 444 g/mol. The van der Waals surface area contributed by atoms with Gasteiger partial charge in [0, 0.05) is 24.8 Å². The maximum atomic E-state index is 13.3. The number of nitrogens with zero attached hydrogens (tertiary/aromatic N) is 2. The van der Waals surface area contributed by atoms with Crippen LogP contribution in [-0.2, 0) is 25.0 Å². The zero-order chi connectivity index (χ0) is 24.2. The summed E-state index contributed by atoms with van der Waals surface area (Å²) in [6, 6.07) is 14.6. The molecule has 0 aliphatic carbocycles. The van der Waals surface area contributed by atoms with E-state index in [1.165, 1.54) is 44.4 Å². The van der Waals surface area contributed by atoms with E-state index in [0.717, 1.165) is 11.8 Å². The third-order valence-electron chi connectivity index (χ3n) is 5.03. The van der Waals surface area contributed by atoms with Crippen molar-refractivity contribution in [3.05, 3.63) is 66.5 Å². The molecule has 1 atom stereocenters. The van der Waals surface area contributed by atoms with Crippen molar-refractivity contribution in [1.82, 2.24) is 15.3 Å². The predicted octanol–water partition coefficient (Wildman–Crippen LogP) is 2.55. The van der Waals surface area contributed by atoms with Gasteiger partial charge in [0.05, 0.1) is 17.7 Å². The minimum Gasteiger partial charge on any atom is -0.497 e. The summed E-state index contributed by atoms with van der Waals surface area (Å²) in [4.78, 5) is 33.6. The van der Waals surface area contributed by atoms with E-state index < -0.39 is 27.2 Å². The molecule has 10 heteroatoms. The van der Waals surface area contributed by atoms with Crippen LogP contribution in [0.25, 0.3) is 11.3 Å². The number of hydrogen-bond donors (Lipinski definition) is 2. The topological polar surface area (TPSA) is 127 Å². The fourth-order valence-electron chi connectivity index (χ4n) is 3.23. The Kier molecular flexibility index (Phi) is 6.78. The van der Waals surface area contributed by atoms with E-state index in [0.29, 0.717) is 17.0 Å². The first kappa shape index (κ1) is 23.9. The Morgan fingerprint density at radius 3 is 2.18 bits per heavy atom. The predicted molar refractivity (Wildman–Crippen MR) is 123 cm³/mol. The van der Waals surface area contributed by atoms with Gasteiger partial charge in [-0.2, -0.15) is 0 Å². The first-order valence-electron chi connectivity index (χ1n) is 9.90. The number of benzene rings is 2. The lowest BCUT2D eigenvalue weighted by Gasteiger charge is -2.29. The van der Waals surface area contributed by atoms with E-state index >= 15 is 0 Å². The second-order valence-corrected chi connectivity index (χ2v) is 9.59. The fourth-order valence-corrected chi connectivity index (χ4v) is 3.86. The Labute approximate surface area is 192 Å². The van der Waals surface area contributed by atoms with Gasteiger partial charge in [0.2, 0.25) is 5.91 Å². The number of carbonyl (C=O) groups excluding carboxylic acids is 2. The molecule has 0 saturated heterocycles. The van der Waals surface area contributed by atoms with E-state index in [-0.39, 0.29) is 10.7 Å². The van der Waals surface area contributed by atoms with Crippen LogP contribution in [0, 0.1) is 0 Å². The van der Waals surface area contributed by atoms with Crippen molar-refractivity contribution in [3.8, 4) is 17.0 Å². The van der Waals surface area contributed by atoms with Crippen LogP contribution in [0.3, 0.4) is 0 Å². The summed E-state index contributed by atoms with van der Waals surface area (Å²) in [6.07, 6.45) is 2.42. The number of anilines is 1. The maximum absolute atomic E-state index is 13.3. The maximum Gasteiger partial charge on any atom is 0.255 e. The summed E-state index contributed by atoms with van der Waals surface area (Å²) in [5.41, 5.74) is 0.316. The molecule has 3 aromatic rings. The van der Waals surface area contributed by atoms with Crippen LogP contribution in [0.4, 0.5) is 5.82 Å². The van der Waals surface area contributed by atoms with E-state index in [2.05, 4.69) is 20.6 Å². The highest BCUT2D eigenvalue weighted by Gasteiger charge is 2.36. The number of ether oxygens (including phenoxy) is 1. The SMILES string of the molecule is COc1ccc(-c2cc(NC(=O)C(C)(NC(C)=O)c3ccc(S(C)(=O)=O)cc3)ncn2)cc1. The Hall–Kier alpha value is -3.79. The molecular formula is C23H24N4O5S. The van der Waals surface area contributed by atoms with Gasteiger partial charge in [0.25, 0.3) is 5.91 Å². The van der Waals surface area contributed by atoms with Gasteiger partial charge in [0.15, 0.2) is 9.84 Å². The first-order valence-corrected chi connectivity index (χ1v) is 11.8. The smallest absolute Gasteiger partial charge is 0.255 e. The van der Waals surface area contributed by atoms with Gasteiger partial charge in [0.1, 0.15) is 23.4 Å². The zero-order valence-electron chi connectivity index (χ0n) is 18.6. The van der Waals surface area contributed by atoms with Gasteiger partial charge >= 0.3 is 0 Å². The van der Waals surface area contributed by atoms with Gasteiger partial charge in [-0.3, -0.25) is 9.59 Å². The lowest BCUT2D eigenvalue weighted by Crippen LogP contribution is -2.51. The molecule has 0 saturated carbocycles. The standard InChI is InChI=1S/C23H24N4O5S/c1-15(28)27-23(2,17-7-11-19(12-8-17)33(4,30)31)22(29)26-21-13-20(24-14-25-21)16-5-9-18(32-3)10-6-16/h5-14H,1-4H3,(H,27,28)(H,24,25,26,29). The third-order valence-corrected chi connectivity index (χ3v) is 6.16. The largest absolute Gasteiger partial charge is 0.497 e. The average Bonchev–Trinajstić information content (AvgIpc) is 2.78. The molecule has 3 rings (SSSR count). The van der Waals surface area contributed by atoms with Crippen molar-refractivity contribution in [1.29, 1.82) is 0 Å². The Morgan fingerprint density at radius 2 is 1.64 bits per heavy atom. The number of carbonyl (C=O) groups is 2. The monoisotopic (exact) mass is 468 g/mol. The number of nitrogens with one attached hydrogen (secondary N) is 2. The second kappa shape index (κ2) is 9.37. The normalized spacial score (nSPS) is 13.0. The van der Waals surface area contributed by atoms with Crippen LogP contribution in [0.5, 0.6) is 5.75 Å². The second-order valence-electron chi connectivity index (χ2n) is 7.57. The molecule has 0 fully saturated rings. The van der Waals surface area contributed by atoms with Gasteiger partial charge in [-0.15, -0.1) is 0 Å². The molecule has 0 aliphatic rings. The number of sulfone groups is 1. The van der Waals surface area contributed by atoms with E-state index in [4.69, 9.17) is 4.74 Å². The Morgan fingerprint density at radius 1 is 1.00 bits per heavy atom. The molecule has 33 heavy (non-hydrogen) atoms. The number of rotatable bonds is 7. The van der Waals surface area contributed by atoms with Gasteiger partial charge < -0.3 is 15.4 Å². The van der Waals surface area contributed by atoms with Crippen molar-refractivity contribution < 1.29 is 22.7 Å². The van der Waals surface area contributed by atoms with Crippen LogP contribution in [0.1, 0.15) is 19.4 Å². The Bertz CT molecular complexity index is 1270. The van der Waals surface area contributed by atoms with E-state index in [9.17, 15) is 18.0 Å². The number of aromatic nitrogens is 2. The molecule has 1 aromatic heterocycles. The molecule has 0 radical (unpaired) electrons. The van der Waals surface area contributed by atoms with Crippen LogP contribution >= 0.6 is 0 Å². The fraction of sp³-hybridized carbons (Fsp3) is 0.217. The highest BCUT2D eigenvalue weighted by atomic mass is 32.2. The quantitative estimate of drug-likeness (QED) is 0.545. The van der Waals surface area contributed by atoms with Crippen LogP contribution in [0.2, 0.25) is 0 Å². The molecule has 1 unspecified atom stereocenters. The molecule has 0 spiro atoms. The molecule has 2 aromatic carbocycles. The van der Waals surface area contributed by atoms with Crippen LogP contribution in [0.15, 0.2) is 65.8 Å². The minimum atomic E-state index is -3.41. The summed E-state index contributed by atoms with van der Waals surface area (Å²) in [6.45, 7) is 2.83. The van der Waals surface area contributed by atoms with Crippen molar-refractivity contribution in [2.75, 3.05) is 18.7 Å².